The molecule has 8 heteroatoms. The van der Waals surface area contributed by atoms with Gasteiger partial charge in [-0.2, -0.15) is 4.98 Å². The van der Waals surface area contributed by atoms with E-state index in [-0.39, 0.29) is 29.6 Å². The van der Waals surface area contributed by atoms with Crippen LogP contribution in [0.3, 0.4) is 0 Å². The van der Waals surface area contributed by atoms with Crippen molar-refractivity contribution in [2.45, 2.75) is 59.4 Å². The number of nitrogens with one attached hydrogen (secondary N) is 1. The Morgan fingerprint density at radius 3 is 2.78 bits per heavy atom. The predicted molar refractivity (Wildman–Crippen MR) is 101 cm³/mol. The Morgan fingerprint density at radius 1 is 1.26 bits per heavy atom. The third-order valence-corrected chi connectivity index (χ3v) is 5.15. The van der Waals surface area contributed by atoms with E-state index in [1.165, 1.54) is 0 Å². The molecule has 0 saturated carbocycles. The number of aromatic nitrogens is 4. The van der Waals surface area contributed by atoms with Gasteiger partial charge in [0, 0.05) is 30.5 Å². The van der Waals surface area contributed by atoms with Crippen LogP contribution in [0, 0.1) is 19.8 Å². The highest BCUT2D eigenvalue weighted by Gasteiger charge is 2.34. The van der Waals surface area contributed by atoms with E-state index < -0.39 is 0 Å². The Labute approximate surface area is 159 Å². The monoisotopic (exact) mass is 372 g/mol. The molecule has 1 fully saturated rings. The molecular weight excluding hydrogens is 344 g/mol. The highest BCUT2D eigenvalue weighted by atomic mass is 16.2. The lowest BCUT2D eigenvalue weighted by Gasteiger charge is -2.36. The number of carbonyl (C=O) groups excluding carboxylic acids is 2. The lowest BCUT2D eigenvalue weighted by molar-refractivity contribution is -0.126. The molecule has 2 aromatic heterocycles. The van der Waals surface area contributed by atoms with E-state index in [9.17, 15) is 9.59 Å². The zero-order chi connectivity index (χ0) is 19.6. The minimum atomic E-state index is -0.240. The molecule has 1 aliphatic heterocycles. The van der Waals surface area contributed by atoms with Crippen LogP contribution >= 0.6 is 0 Å². The second kappa shape index (κ2) is 8.02. The summed E-state index contributed by atoms with van der Waals surface area (Å²) < 4.78 is 1.59. The molecule has 0 bridgehead atoms. The van der Waals surface area contributed by atoms with Crippen molar-refractivity contribution in [3.63, 3.8) is 0 Å². The molecule has 2 aromatic rings. The molecule has 0 aliphatic carbocycles. The van der Waals surface area contributed by atoms with Gasteiger partial charge in [-0.3, -0.25) is 9.59 Å². The van der Waals surface area contributed by atoms with Crippen molar-refractivity contribution in [1.82, 2.24) is 29.8 Å². The molecule has 1 aliphatic rings. The number of amides is 2. The fraction of sp³-hybridized carbons (Fsp3) is 0.632. The number of nitrogens with zero attached hydrogens (tertiary/aromatic N) is 5. The molecule has 1 N–H and O–H groups in total. The predicted octanol–water partition coefficient (Wildman–Crippen LogP) is 1.90. The summed E-state index contributed by atoms with van der Waals surface area (Å²) in [7, 11) is 0. The van der Waals surface area contributed by atoms with Gasteiger partial charge >= 0.3 is 0 Å². The van der Waals surface area contributed by atoms with Gasteiger partial charge in [-0.05, 0) is 46.1 Å². The van der Waals surface area contributed by atoms with Crippen LogP contribution in [0.5, 0.6) is 0 Å². The first kappa shape index (κ1) is 19.3. The number of hydrogen-bond acceptors (Lipinski definition) is 5. The zero-order valence-electron chi connectivity index (χ0n) is 16.5. The lowest BCUT2D eigenvalue weighted by atomic mass is 9.92. The van der Waals surface area contributed by atoms with Gasteiger partial charge in [-0.25, -0.2) is 9.50 Å². The normalized spacial score (nSPS) is 20.1. The van der Waals surface area contributed by atoms with E-state index in [0.29, 0.717) is 18.9 Å². The maximum atomic E-state index is 13.0. The molecule has 1 saturated heterocycles. The van der Waals surface area contributed by atoms with Crippen LogP contribution in [0.4, 0.5) is 0 Å². The average molecular weight is 372 g/mol. The highest BCUT2D eigenvalue weighted by molar-refractivity contribution is 5.92. The van der Waals surface area contributed by atoms with Crippen LogP contribution in [0.25, 0.3) is 5.78 Å². The molecule has 8 nitrogen and oxygen atoms in total. The van der Waals surface area contributed by atoms with E-state index >= 15 is 0 Å². The molecular formula is C19H28N6O2. The summed E-state index contributed by atoms with van der Waals surface area (Å²) in [5, 5.41) is 7.33. The summed E-state index contributed by atoms with van der Waals surface area (Å²) in [6.45, 7) is 8.98. The van der Waals surface area contributed by atoms with E-state index in [1.54, 1.807) is 9.42 Å². The number of hydrogen-bond donors (Lipinski definition) is 1. The maximum absolute atomic E-state index is 13.0. The minimum absolute atomic E-state index is 0.0317. The van der Waals surface area contributed by atoms with Gasteiger partial charge in [0.2, 0.25) is 11.7 Å². The highest BCUT2D eigenvalue weighted by Crippen LogP contribution is 2.23. The first-order chi connectivity index (χ1) is 12.9. The van der Waals surface area contributed by atoms with Gasteiger partial charge in [0.05, 0.1) is 5.92 Å². The molecule has 146 valence electrons. The SMILES string of the molecule is CCCCNC(=O)C1CCC(C)N(C(=O)c2nc3nc(C)cc(C)n3n2)C1. The minimum Gasteiger partial charge on any atom is -0.356 e. The summed E-state index contributed by atoms with van der Waals surface area (Å²) >= 11 is 0. The smallest absolute Gasteiger partial charge is 0.293 e. The van der Waals surface area contributed by atoms with Crippen LogP contribution in [-0.2, 0) is 4.79 Å². The molecule has 2 amide bonds. The number of piperidine rings is 1. The second-order valence-corrected chi connectivity index (χ2v) is 7.41. The molecule has 0 spiro atoms. The summed E-state index contributed by atoms with van der Waals surface area (Å²) in [5.74, 6) is 0.172. The van der Waals surface area contributed by atoms with Crippen molar-refractivity contribution >= 4 is 17.6 Å². The van der Waals surface area contributed by atoms with Crippen molar-refractivity contribution in [3.05, 3.63) is 23.3 Å². The van der Waals surface area contributed by atoms with Crippen molar-refractivity contribution in [3.8, 4) is 0 Å². The second-order valence-electron chi connectivity index (χ2n) is 7.41. The third-order valence-electron chi connectivity index (χ3n) is 5.15. The summed E-state index contributed by atoms with van der Waals surface area (Å²) in [6.07, 6.45) is 3.59. The number of carbonyl (C=O) groups is 2. The van der Waals surface area contributed by atoms with Gasteiger partial charge in [0.1, 0.15) is 0 Å². The number of likely N-dealkylation sites (tertiary alicyclic amines) is 1. The number of unbranched alkanes of at least 4 members (excludes halogenated alkanes) is 1. The summed E-state index contributed by atoms with van der Waals surface area (Å²) in [5.41, 5.74) is 1.71. The van der Waals surface area contributed by atoms with Crippen LogP contribution in [0.2, 0.25) is 0 Å². The van der Waals surface area contributed by atoms with Gasteiger partial charge in [0.15, 0.2) is 0 Å². The zero-order valence-corrected chi connectivity index (χ0v) is 16.5. The Morgan fingerprint density at radius 2 is 2.04 bits per heavy atom. The average Bonchev–Trinajstić information content (AvgIpc) is 3.06. The topological polar surface area (TPSA) is 92.5 Å². The van der Waals surface area contributed by atoms with Crippen molar-refractivity contribution < 1.29 is 9.59 Å². The first-order valence-corrected chi connectivity index (χ1v) is 9.70. The van der Waals surface area contributed by atoms with E-state index in [0.717, 1.165) is 37.1 Å². The fourth-order valence-electron chi connectivity index (χ4n) is 3.52. The van der Waals surface area contributed by atoms with Gasteiger partial charge < -0.3 is 10.2 Å². The molecule has 0 aromatic carbocycles. The van der Waals surface area contributed by atoms with Crippen LogP contribution in [0.15, 0.2) is 6.07 Å². The van der Waals surface area contributed by atoms with E-state index in [2.05, 4.69) is 27.3 Å². The fourth-order valence-corrected chi connectivity index (χ4v) is 3.52. The molecule has 2 atom stereocenters. The molecule has 27 heavy (non-hydrogen) atoms. The largest absolute Gasteiger partial charge is 0.356 e. The van der Waals surface area contributed by atoms with Crippen LogP contribution in [-0.4, -0.2) is 55.4 Å². The third kappa shape index (κ3) is 4.09. The van der Waals surface area contributed by atoms with Crippen LogP contribution in [0.1, 0.15) is 61.5 Å². The first-order valence-electron chi connectivity index (χ1n) is 9.70. The van der Waals surface area contributed by atoms with Crippen LogP contribution < -0.4 is 5.32 Å². The van der Waals surface area contributed by atoms with Crippen molar-refractivity contribution in [2.75, 3.05) is 13.1 Å². The van der Waals surface area contributed by atoms with Gasteiger partial charge in [0.25, 0.3) is 11.7 Å². The molecule has 3 heterocycles. The van der Waals surface area contributed by atoms with Crippen molar-refractivity contribution in [1.29, 1.82) is 0 Å². The number of fused-ring (bicyclic) bond motifs is 1. The Balaban J connectivity index is 1.76. The molecule has 0 radical (unpaired) electrons. The standard InChI is InChI=1S/C19H28N6O2/c1-5-6-9-20-17(26)15-8-7-13(3)24(11-15)18(27)16-22-19-21-12(2)10-14(4)25(19)23-16/h10,13,15H,5-9,11H2,1-4H3,(H,20,26). The lowest BCUT2D eigenvalue weighted by Crippen LogP contribution is -2.49. The Hall–Kier alpha value is -2.51. The van der Waals surface area contributed by atoms with Crippen molar-refractivity contribution in [2.24, 2.45) is 5.92 Å². The molecule has 2 unspecified atom stereocenters. The summed E-state index contributed by atoms with van der Waals surface area (Å²) in [6, 6.07) is 1.95. The van der Waals surface area contributed by atoms with Gasteiger partial charge in [-0.1, -0.05) is 13.3 Å². The quantitative estimate of drug-likeness (QED) is 0.809. The Bertz CT molecular complexity index is 846. The van der Waals surface area contributed by atoms with Gasteiger partial charge in [-0.15, -0.1) is 5.10 Å². The number of aryl methyl sites for hydroxylation is 2. The number of rotatable bonds is 5. The summed E-state index contributed by atoms with van der Waals surface area (Å²) in [4.78, 5) is 35.8. The molecule has 3 rings (SSSR count). The maximum Gasteiger partial charge on any atom is 0.293 e. The van der Waals surface area contributed by atoms with E-state index in [1.807, 2.05) is 26.8 Å². The Kier molecular flexibility index (Phi) is 5.72. The van der Waals surface area contributed by atoms with E-state index in [4.69, 9.17) is 0 Å².